The molecule has 0 radical (unpaired) electrons. The van der Waals surface area contributed by atoms with E-state index in [9.17, 15) is 22.8 Å². The lowest BCUT2D eigenvalue weighted by Crippen LogP contribution is -2.11. The molecule has 2 aromatic rings. The Hall–Kier alpha value is -3.23. The van der Waals surface area contributed by atoms with E-state index in [1.807, 2.05) is 0 Å². The molecule has 6 nitrogen and oxygen atoms in total. The zero-order valence-corrected chi connectivity index (χ0v) is 15.7. The van der Waals surface area contributed by atoms with Gasteiger partial charge in [0.05, 0.1) is 32.3 Å². The second-order valence-electron chi connectivity index (χ2n) is 5.65. The van der Waals surface area contributed by atoms with Crippen molar-refractivity contribution in [2.24, 2.45) is 0 Å². The molecule has 0 saturated carbocycles. The largest absolute Gasteiger partial charge is 0.489 e. The molecule has 0 fully saturated rings. The lowest BCUT2D eigenvalue weighted by Gasteiger charge is -2.15. The van der Waals surface area contributed by atoms with E-state index in [-0.39, 0.29) is 42.4 Å². The summed E-state index contributed by atoms with van der Waals surface area (Å²) in [6.07, 6.45) is -4.62. The molecule has 0 atom stereocenters. The van der Waals surface area contributed by atoms with E-state index in [1.165, 1.54) is 6.07 Å². The zero-order chi connectivity index (χ0) is 21.4. The highest BCUT2D eigenvalue weighted by atomic mass is 19.4. The van der Waals surface area contributed by atoms with Crippen molar-refractivity contribution in [3.63, 3.8) is 0 Å². The van der Waals surface area contributed by atoms with Gasteiger partial charge < -0.3 is 18.9 Å². The van der Waals surface area contributed by atoms with Crippen LogP contribution < -0.4 is 9.47 Å². The number of ether oxygens (including phenoxy) is 4. The van der Waals surface area contributed by atoms with Crippen LogP contribution in [0.3, 0.4) is 0 Å². The fourth-order valence-electron chi connectivity index (χ4n) is 2.31. The number of esters is 2. The maximum absolute atomic E-state index is 13.0. The van der Waals surface area contributed by atoms with Gasteiger partial charge in [-0.3, -0.25) is 4.79 Å². The van der Waals surface area contributed by atoms with Crippen LogP contribution in [0.25, 0.3) is 0 Å². The number of rotatable bonds is 8. The third kappa shape index (κ3) is 6.13. The summed E-state index contributed by atoms with van der Waals surface area (Å²) < 4.78 is 59.4. The van der Waals surface area contributed by atoms with Crippen LogP contribution in [0, 0.1) is 0 Å². The number of benzene rings is 2. The Labute approximate surface area is 165 Å². The van der Waals surface area contributed by atoms with Crippen LogP contribution in [0.5, 0.6) is 17.2 Å². The van der Waals surface area contributed by atoms with Gasteiger partial charge >= 0.3 is 18.1 Å². The van der Waals surface area contributed by atoms with Crippen LogP contribution in [0.1, 0.15) is 29.3 Å². The average Bonchev–Trinajstić information content (AvgIpc) is 2.68. The Balaban J connectivity index is 2.25. The number of halogens is 3. The lowest BCUT2D eigenvalue weighted by molar-refractivity contribution is -0.143. The molecule has 0 aliphatic heterocycles. The third-order valence-corrected chi connectivity index (χ3v) is 3.65. The monoisotopic (exact) mass is 412 g/mol. The minimum absolute atomic E-state index is 0.00979. The maximum Gasteiger partial charge on any atom is 0.416 e. The number of carbonyl (C=O) groups is 2. The van der Waals surface area contributed by atoms with Crippen LogP contribution in [0.15, 0.2) is 42.5 Å². The molecule has 0 aliphatic carbocycles. The van der Waals surface area contributed by atoms with Gasteiger partial charge in [-0.25, -0.2) is 4.79 Å². The van der Waals surface area contributed by atoms with Crippen LogP contribution in [0.4, 0.5) is 13.2 Å². The van der Waals surface area contributed by atoms with Crippen LogP contribution in [0.2, 0.25) is 0 Å². The van der Waals surface area contributed by atoms with Gasteiger partial charge in [-0.15, -0.1) is 0 Å². The van der Waals surface area contributed by atoms with Crippen molar-refractivity contribution in [1.82, 2.24) is 0 Å². The van der Waals surface area contributed by atoms with E-state index in [2.05, 4.69) is 4.74 Å². The fourth-order valence-corrected chi connectivity index (χ4v) is 2.31. The molecule has 2 aromatic carbocycles. The van der Waals surface area contributed by atoms with Crippen LogP contribution >= 0.6 is 0 Å². The van der Waals surface area contributed by atoms with Gasteiger partial charge in [0.2, 0.25) is 0 Å². The lowest BCUT2D eigenvalue weighted by atomic mass is 10.1. The van der Waals surface area contributed by atoms with Crippen LogP contribution in [-0.2, 0) is 20.4 Å². The minimum atomic E-state index is -4.63. The molecule has 0 spiro atoms. The minimum Gasteiger partial charge on any atom is -0.489 e. The second-order valence-corrected chi connectivity index (χ2v) is 5.65. The first-order chi connectivity index (χ1) is 13.8. The molecule has 9 heteroatoms. The summed E-state index contributed by atoms with van der Waals surface area (Å²) in [5, 5.41) is 0. The van der Waals surface area contributed by atoms with Crippen molar-refractivity contribution in [2.75, 3.05) is 20.3 Å². The molecule has 2 rings (SSSR count). The van der Waals surface area contributed by atoms with Gasteiger partial charge in [0.25, 0.3) is 0 Å². The predicted molar refractivity (Wildman–Crippen MR) is 96.0 cm³/mol. The SMILES string of the molecule is CCOC(=O)CCOc1ccccc1Oc1ccc(C(F)(F)F)cc1C(=O)OC. The number of hydrogen-bond donors (Lipinski definition) is 0. The summed E-state index contributed by atoms with van der Waals surface area (Å²) >= 11 is 0. The third-order valence-electron chi connectivity index (χ3n) is 3.65. The van der Waals surface area contributed by atoms with Crippen molar-refractivity contribution in [2.45, 2.75) is 19.5 Å². The Morgan fingerprint density at radius 1 is 1.00 bits per heavy atom. The summed E-state index contributed by atoms with van der Waals surface area (Å²) in [6.45, 7) is 1.95. The van der Waals surface area contributed by atoms with E-state index < -0.39 is 23.7 Å². The highest BCUT2D eigenvalue weighted by Gasteiger charge is 2.32. The number of carbonyl (C=O) groups excluding carboxylic acids is 2. The standard InChI is InChI=1S/C20H19F3O6/c1-3-27-18(24)10-11-28-16-6-4-5-7-17(16)29-15-9-8-13(20(21,22)23)12-14(15)19(25)26-2/h4-9,12H,3,10-11H2,1-2H3. The Bertz CT molecular complexity index is 864. The normalized spacial score (nSPS) is 10.9. The van der Waals surface area contributed by atoms with Crippen molar-refractivity contribution in [1.29, 1.82) is 0 Å². The van der Waals surface area contributed by atoms with Crippen molar-refractivity contribution < 1.29 is 41.7 Å². The molecule has 29 heavy (non-hydrogen) atoms. The topological polar surface area (TPSA) is 71.1 Å². The molecule has 0 heterocycles. The molecule has 0 N–H and O–H groups in total. The molecule has 0 unspecified atom stereocenters. The average molecular weight is 412 g/mol. The Kier molecular flexibility index (Phi) is 7.46. The summed E-state index contributed by atoms with van der Waals surface area (Å²) in [7, 11) is 1.05. The first kappa shape index (κ1) is 22.1. The molecular weight excluding hydrogens is 393 g/mol. The highest BCUT2D eigenvalue weighted by Crippen LogP contribution is 2.37. The van der Waals surface area contributed by atoms with E-state index in [0.29, 0.717) is 6.07 Å². The summed E-state index contributed by atoms with van der Waals surface area (Å²) in [4.78, 5) is 23.3. The molecule has 0 aromatic heterocycles. The molecule has 0 saturated heterocycles. The van der Waals surface area contributed by atoms with Gasteiger partial charge in [-0.1, -0.05) is 12.1 Å². The Morgan fingerprint density at radius 3 is 2.31 bits per heavy atom. The highest BCUT2D eigenvalue weighted by molar-refractivity contribution is 5.92. The summed E-state index contributed by atoms with van der Waals surface area (Å²) in [6, 6.07) is 8.83. The van der Waals surface area contributed by atoms with Gasteiger partial charge in [-0.05, 0) is 37.3 Å². The van der Waals surface area contributed by atoms with Gasteiger partial charge in [-0.2, -0.15) is 13.2 Å². The fraction of sp³-hybridized carbons (Fsp3) is 0.300. The quantitative estimate of drug-likeness (QED) is 0.590. The van der Waals surface area contributed by atoms with Crippen molar-refractivity contribution in [3.05, 3.63) is 53.6 Å². The second kappa shape index (κ2) is 9.81. The number of alkyl halides is 3. The maximum atomic E-state index is 13.0. The van der Waals surface area contributed by atoms with Gasteiger partial charge in [0.1, 0.15) is 11.3 Å². The summed E-state index contributed by atoms with van der Waals surface area (Å²) in [5.74, 6) is -1.14. The predicted octanol–water partition coefficient (Wildman–Crippen LogP) is 4.62. The van der Waals surface area contributed by atoms with Crippen molar-refractivity contribution in [3.8, 4) is 17.2 Å². The smallest absolute Gasteiger partial charge is 0.416 e. The Morgan fingerprint density at radius 2 is 1.69 bits per heavy atom. The number of methoxy groups -OCH3 is 1. The van der Waals surface area contributed by atoms with Gasteiger partial charge in [0.15, 0.2) is 11.5 Å². The summed E-state index contributed by atoms with van der Waals surface area (Å²) in [5.41, 5.74) is -1.40. The van der Waals surface area contributed by atoms with E-state index >= 15 is 0 Å². The van der Waals surface area contributed by atoms with E-state index in [1.54, 1.807) is 25.1 Å². The zero-order valence-electron chi connectivity index (χ0n) is 15.7. The van der Waals surface area contributed by atoms with Crippen LogP contribution in [-0.4, -0.2) is 32.3 Å². The molecule has 0 bridgehead atoms. The first-order valence-corrected chi connectivity index (χ1v) is 8.61. The molecule has 156 valence electrons. The molecule has 0 amide bonds. The number of hydrogen-bond acceptors (Lipinski definition) is 6. The first-order valence-electron chi connectivity index (χ1n) is 8.61. The van der Waals surface area contributed by atoms with Crippen molar-refractivity contribution >= 4 is 11.9 Å². The van der Waals surface area contributed by atoms with E-state index in [0.717, 1.165) is 19.2 Å². The number of para-hydroxylation sites is 2. The molecular formula is C20H19F3O6. The van der Waals surface area contributed by atoms with E-state index in [4.69, 9.17) is 14.2 Å². The molecule has 0 aliphatic rings. The van der Waals surface area contributed by atoms with Gasteiger partial charge in [0, 0.05) is 0 Å².